The Morgan fingerprint density at radius 3 is 2.64 bits per heavy atom. The van der Waals surface area contributed by atoms with Gasteiger partial charge in [-0.15, -0.1) is 0 Å². The Bertz CT molecular complexity index is 753. The number of carbonyl (C=O) groups excluding carboxylic acids is 1. The lowest BCUT2D eigenvalue weighted by Crippen LogP contribution is -2.47. The van der Waals surface area contributed by atoms with Crippen LogP contribution in [0.25, 0.3) is 0 Å². The molecule has 1 fully saturated rings. The molecule has 2 rings (SSSR count). The van der Waals surface area contributed by atoms with Crippen molar-refractivity contribution in [1.82, 2.24) is 19.4 Å². The van der Waals surface area contributed by atoms with E-state index < -0.39 is 10.0 Å². The number of hydrogen-bond acceptors (Lipinski definition) is 6. The van der Waals surface area contributed by atoms with Crippen molar-refractivity contribution in [2.75, 3.05) is 32.6 Å². The lowest BCUT2D eigenvalue weighted by atomic mass is 10.1. The Morgan fingerprint density at radius 1 is 1.36 bits per heavy atom. The van der Waals surface area contributed by atoms with Crippen LogP contribution in [0.2, 0.25) is 0 Å². The smallest absolute Gasteiger partial charge is 0.271 e. The standard InChI is InChI=1S/C15H24N4O5S/c1-3-25(22,23)18-8-6-12(7-9-18)16-15(21)13-4-5-14(20)19(17-13)10-11-24-2/h4-5,12H,3,6-11H2,1-2H3,(H,16,21). The average Bonchev–Trinajstić information content (AvgIpc) is 2.61. The van der Waals surface area contributed by atoms with Gasteiger partial charge in [0.1, 0.15) is 5.69 Å². The van der Waals surface area contributed by atoms with E-state index in [1.165, 1.54) is 28.2 Å². The number of sulfonamides is 1. The summed E-state index contributed by atoms with van der Waals surface area (Å²) in [5.74, 6) is -0.292. The van der Waals surface area contributed by atoms with E-state index in [1.54, 1.807) is 6.92 Å². The maximum atomic E-state index is 12.3. The molecular formula is C15H24N4O5S. The number of piperidine rings is 1. The topological polar surface area (TPSA) is 111 Å². The van der Waals surface area contributed by atoms with Crippen molar-refractivity contribution < 1.29 is 17.9 Å². The van der Waals surface area contributed by atoms with E-state index >= 15 is 0 Å². The highest BCUT2D eigenvalue weighted by Crippen LogP contribution is 2.14. The van der Waals surface area contributed by atoms with Crippen molar-refractivity contribution in [3.8, 4) is 0 Å². The summed E-state index contributed by atoms with van der Waals surface area (Å²) >= 11 is 0. The fourth-order valence-electron chi connectivity index (χ4n) is 2.63. The maximum Gasteiger partial charge on any atom is 0.271 e. The molecule has 0 saturated carbocycles. The van der Waals surface area contributed by atoms with Gasteiger partial charge in [-0.25, -0.2) is 17.4 Å². The zero-order chi connectivity index (χ0) is 18.4. The van der Waals surface area contributed by atoms with E-state index in [0.29, 0.717) is 32.5 Å². The first-order valence-electron chi connectivity index (χ1n) is 8.23. The van der Waals surface area contributed by atoms with Gasteiger partial charge in [0.05, 0.1) is 18.9 Å². The van der Waals surface area contributed by atoms with Crippen molar-refractivity contribution in [2.24, 2.45) is 0 Å². The fourth-order valence-corrected chi connectivity index (χ4v) is 3.76. The van der Waals surface area contributed by atoms with Crippen LogP contribution in [-0.2, 0) is 21.3 Å². The quantitative estimate of drug-likeness (QED) is 0.686. The SMILES string of the molecule is CCS(=O)(=O)N1CCC(NC(=O)c2ccc(=O)n(CCOC)n2)CC1. The van der Waals surface area contributed by atoms with Crippen LogP contribution in [0.1, 0.15) is 30.3 Å². The Balaban J connectivity index is 1.96. The van der Waals surface area contributed by atoms with Gasteiger partial charge in [-0.3, -0.25) is 9.59 Å². The molecule has 0 radical (unpaired) electrons. The number of ether oxygens (including phenoxy) is 1. The van der Waals surface area contributed by atoms with E-state index in [0.717, 1.165) is 0 Å². The van der Waals surface area contributed by atoms with Gasteiger partial charge in [0.25, 0.3) is 11.5 Å². The molecule has 1 saturated heterocycles. The van der Waals surface area contributed by atoms with Crippen LogP contribution in [0.5, 0.6) is 0 Å². The Hall–Kier alpha value is -1.78. The van der Waals surface area contributed by atoms with Crippen LogP contribution in [-0.4, -0.2) is 67.0 Å². The molecule has 1 aliphatic heterocycles. The third-order valence-electron chi connectivity index (χ3n) is 4.15. The Kier molecular flexibility index (Phi) is 6.68. The van der Waals surface area contributed by atoms with E-state index in [1.807, 2.05) is 0 Å². The second-order valence-electron chi connectivity index (χ2n) is 5.82. The van der Waals surface area contributed by atoms with E-state index in [2.05, 4.69) is 10.4 Å². The summed E-state index contributed by atoms with van der Waals surface area (Å²) in [7, 11) is -1.67. The predicted octanol–water partition coefficient (Wildman–Crippen LogP) is -0.566. The average molecular weight is 372 g/mol. The summed E-state index contributed by atoms with van der Waals surface area (Å²) in [6.45, 7) is 2.99. The minimum atomic E-state index is -3.19. The van der Waals surface area contributed by atoms with Crippen molar-refractivity contribution in [3.63, 3.8) is 0 Å². The lowest BCUT2D eigenvalue weighted by Gasteiger charge is -2.31. The molecule has 0 aromatic carbocycles. The molecule has 25 heavy (non-hydrogen) atoms. The van der Waals surface area contributed by atoms with Crippen LogP contribution in [0.15, 0.2) is 16.9 Å². The van der Waals surface area contributed by atoms with Gasteiger partial charge in [-0.05, 0) is 25.8 Å². The molecule has 1 amide bonds. The highest BCUT2D eigenvalue weighted by molar-refractivity contribution is 7.89. The fraction of sp³-hybridized carbons (Fsp3) is 0.667. The number of rotatable bonds is 7. The Morgan fingerprint density at radius 2 is 2.04 bits per heavy atom. The first-order valence-corrected chi connectivity index (χ1v) is 9.84. The maximum absolute atomic E-state index is 12.3. The summed E-state index contributed by atoms with van der Waals surface area (Å²) in [6, 6.07) is 2.57. The number of amides is 1. The highest BCUT2D eigenvalue weighted by atomic mass is 32.2. The summed E-state index contributed by atoms with van der Waals surface area (Å²) in [5, 5.41) is 6.91. The lowest BCUT2D eigenvalue weighted by molar-refractivity contribution is 0.0915. The normalized spacial score (nSPS) is 16.7. The molecule has 1 aromatic heterocycles. The number of aromatic nitrogens is 2. The predicted molar refractivity (Wildman–Crippen MR) is 91.9 cm³/mol. The summed E-state index contributed by atoms with van der Waals surface area (Å²) in [6.07, 6.45) is 1.10. The number of methoxy groups -OCH3 is 1. The van der Waals surface area contributed by atoms with Gasteiger partial charge in [0.2, 0.25) is 10.0 Å². The first-order chi connectivity index (χ1) is 11.9. The molecule has 0 aliphatic carbocycles. The van der Waals surface area contributed by atoms with Crippen LogP contribution in [0.3, 0.4) is 0 Å². The third kappa shape index (κ3) is 5.10. The van der Waals surface area contributed by atoms with Gasteiger partial charge in [0.15, 0.2) is 0 Å². The number of nitrogens with one attached hydrogen (secondary N) is 1. The van der Waals surface area contributed by atoms with Gasteiger partial charge >= 0.3 is 0 Å². The number of carbonyl (C=O) groups is 1. The molecular weight excluding hydrogens is 348 g/mol. The van der Waals surface area contributed by atoms with E-state index in [9.17, 15) is 18.0 Å². The minimum Gasteiger partial charge on any atom is -0.383 e. The van der Waals surface area contributed by atoms with Gasteiger partial charge < -0.3 is 10.1 Å². The van der Waals surface area contributed by atoms with Crippen molar-refractivity contribution in [3.05, 3.63) is 28.2 Å². The molecule has 0 atom stereocenters. The highest BCUT2D eigenvalue weighted by Gasteiger charge is 2.27. The van der Waals surface area contributed by atoms with Crippen LogP contribution in [0, 0.1) is 0 Å². The summed E-state index contributed by atoms with van der Waals surface area (Å²) < 4.78 is 31.3. The largest absolute Gasteiger partial charge is 0.383 e. The zero-order valence-corrected chi connectivity index (χ0v) is 15.3. The molecule has 140 valence electrons. The molecule has 9 nitrogen and oxygen atoms in total. The molecule has 10 heteroatoms. The number of nitrogens with zero attached hydrogens (tertiary/aromatic N) is 3. The van der Waals surface area contributed by atoms with Crippen LogP contribution < -0.4 is 10.9 Å². The van der Waals surface area contributed by atoms with Crippen molar-refractivity contribution in [2.45, 2.75) is 32.4 Å². The van der Waals surface area contributed by atoms with E-state index in [4.69, 9.17) is 4.74 Å². The van der Waals surface area contributed by atoms with Crippen molar-refractivity contribution >= 4 is 15.9 Å². The second-order valence-corrected chi connectivity index (χ2v) is 8.08. The summed E-state index contributed by atoms with van der Waals surface area (Å²) in [4.78, 5) is 24.0. The zero-order valence-electron chi connectivity index (χ0n) is 14.5. The summed E-state index contributed by atoms with van der Waals surface area (Å²) in [5.41, 5.74) is -0.147. The molecule has 0 spiro atoms. The van der Waals surface area contributed by atoms with Gasteiger partial charge in [0, 0.05) is 32.3 Å². The Labute approximate surface area is 147 Å². The molecule has 1 aliphatic rings. The second kappa shape index (κ2) is 8.54. The number of hydrogen-bond donors (Lipinski definition) is 1. The molecule has 1 aromatic rings. The van der Waals surface area contributed by atoms with Crippen molar-refractivity contribution in [1.29, 1.82) is 0 Å². The molecule has 2 heterocycles. The van der Waals surface area contributed by atoms with Gasteiger partial charge in [-0.1, -0.05) is 0 Å². The van der Waals surface area contributed by atoms with Gasteiger partial charge in [-0.2, -0.15) is 5.10 Å². The molecule has 1 N–H and O–H groups in total. The molecule has 0 bridgehead atoms. The monoisotopic (exact) mass is 372 g/mol. The molecule has 0 unspecified atom stereocenters. The van der Waals surface area contributed by atoms with Crippen LogP contribution in [0.4, 0.5) is 0 Å². The van der Waals surface area contributed by atoms with E-state index in [-0.39, 0.29) is 35.5 Å². The van der Waals surface area contributed by atoms with Crippen LogP contribution >= 0.6 is 0 Å². The first kappa shape index (κ1) is 19.5. The third-order valence-corrected chi connectivity index (χ3v) is 6.04. The minimum absolute atomic E-state index is 0.0803.